The largest absolute Gasteiger partial charge is 0.236 e. The maximum atomic E-state index is 5.40. The minimum Gasteiger partial charge on any atom is -0.236 e. The van der Waals surface area contributed by atoms with E-state index in [0.717, 1.165) is 25.9 Å². The van der Waals surface area contributed by atoms with Crippen LogP contribution in [0.5, 0.6) is 0 Å². The summed E-state index contributed by atoms with van der Waals surface area (Å²) in [6.45, 7) is 7.25. The molecule has 0 fully saturated rings. The zero-order chi connectivity index (χ0) is 11.4. The number of hydrogen-bond acceptors (Lipinski definition) is 2. The van der Waals surface area contributed by atoms with E-state index in [1.165, 1.54) is 32.1 Å². The third-order valence-electron chi connectivity index (χ3n) is 2.48. The standard InChI is InChI=1S/C13H28O2/c1-4-7-8-9-11-13(10-5-2)15-14-12-6-3/h13H,4-12H2,1-3H3. The van der Waals surface area contributed by atoms with Crippen molar-refractivity contribution in [2.75, 3.05) is 6.61 Å². The molecule has 2 heteroatoms. The molecule has 0 aliphatic heterocycles. The van der Waals surface area contributed by atoms with E-state index in [0.29, 0.717) is 6.10 Å². The van der Waals surface area contributed by atoms with Gasteiger partial charge in [-0.3, -0.25) is 0 Å². The first-order chi connectivity index (χ1) is 7.35. The van der Waals surface area contributed by atoms with Gasteiger partial charge in [0.15, 0.2) is 0 Å². The fraction of sp³-hybridized carbons (Fsp3) is 1.00. The molecule has 2 nitrogen and oxygen atoms in total. The van der Waals surface area contributed by atoms with Crippen molar-refractivity contribution >= 4 is 0 Å². The molecule has 1 atom stereocenters. The molecular formula is C13H28O2. The highest BCUT2D eigenvalue weighted by Gasteiger charge is 2.08. The van der Waals surface area contributed by atoms with E-state index in [-0.39, 0.29) is 0 Å². The van der Waals surface area contributed by atoms with Gasteiger partial charge in [0.2, 0.25) is 0 Å². The summed E-state index contributed by atoms with van der Waals surface area (Å²) in [6, 6.07) is 0. The first-order valence-corrected chi connectivity index (χ1v) is 6.63. The van der Waals surface area contributed by atoms with Gasteiger partial charge in [-0.2, -0.15) is 0 Å². The van der Waals surface area contributed by atoms with E-state index >= 15 is 0 Å². The number of rotatable bonds is 11. The van der Waals surface area contributed by atoms with Crippen LogP contribution in [0.3, 0.4) is 0 Å². The van der Waals surface area contributed by atoms with Gasteiger partial charge in [0.25, 0.3) is 0 Å². The summed E-state index contributed by atoms with van der Waals surface area (Å²) in [5.41, 5.74) is 0. The molecule has 0 rings (SSSR count). The summed E-state index contributed by atoms with van der Waals surface area (Å²) >= 11 is 0. The Labute approximate surface area is 95.3 Å². The average Bonchev–Trinajstić information content (AvgIpc) is 2.24. The molecule has 0 aromatic heterocycles. The summed E-state index contributed by atoms with van der Waals surface area (Å²) < 4.78 is 0. The molecule has 0 aromatic rings. The van der Waals surface area contributed by atoms with Gasteiger partial charge in [-0.25, -0.2) is 9.78 Å². The summed E-state index contributed by atoms with van der Waals surface area (Å²) in [6.07, 6.45) is 10.0. The van der Waals surface area contributed by atoms with Crippen LogP contribution in [0.2, 0.25) is 0 Å². The van der Waals surface area contributed by atoms with Crippen molar-refractivity contribution in [3.05, 3.63) is 0 Å². The first-order valence-electron chi connectivity index (χ1n) is 6.63. The van der Waals surface area contributed by atoms with Crippen molar-refractivity contribution in [3.63, 3.8) is 0 Å². The van der Waals surface area contributed by atoms with E-state index in [1.54, 1.807) is 0 Å². The predicted octanol–water partition coefficient (Wildman–Crippen LogP) is 4.48. The second kappa shape index (κ2) is 12.0. The molecule has 0 bridgehead atoms. The fourth-order valence-electron chi connectivity index (χ4n) is 1.59. The lowest BCUT2D eigenvalue weighted by Gasteiger charge is -2.15. The second-order valence-corrected chi connectivity index (χ2v) is 4.18. The molecule has 0 radical (unpaired) electrons. The van der Waals surface area contributed by atoms with Gasteiger partial charge < -0.3 is 0 Å². The molecule has 0 amide bonds. The highest BCUT2D eigenvalue weighted by Crippen LogP contribution is 2.13. The maximum absolute atomic E-state index is 5.40. The van der Waals surface area contributed by atoms with Crippen LogP contribution in [-0.2, 0) is 9.78 Å². The Hall–Kier alpha value is -0.0800. The fourth-order valence-corrected chi connectivity index (χ4v) is 1.59. The van der Waals surface area contributed by atoms with E-state index < -0.39 is 0 Å². The number of hydrogen-bond donors (Lipinski definition) is 0. The van der Waals surface area contributed by atoms with Crippen LogP contribution in [0.25, 0.3) is 0 Å². The van der Waals surface area contributed by atoms with E-state index in [9.17, 15) is 0 Å². The Bertz CT molecular complexity index is 115. The molecule has 15 heavy (non-hydrogen) atoms. The zero-order valence-corrected chi connectivity index (χ0v) is 10.8. The van der Waals surface area contributed by atoms with Gasteiger partial charge in [-0.05, 0) is 19.3 Å². The zero-order valence-electron chi connectivity index (χ0n) is 10.8. The molecule has 0 aromatic carbocycles. The molecule has 0 aliphatic rings. The normalized spacial score (nSPS) is 13.0. The van der Waals surface area contributed by atoms with Gasteiger partial charge in [0, 0.05) is 0 Å². The monoisotopic (exact) mass is 216 g/mol. The maximum Gasteiger partial charge on any atom is 0.0929 e. The summed E-state index contributed by atoms with van der Waals surface area (Å²) in [7, 11) is 0. The molecule has 0 aliphatic carbocycles. The Balaban J connectivity index is 3.44. The molecule has 1 unspecified atom stereocenters. The van der Waals surface area contributed by atoms with E-state index in [2.05, 4.69) is 20.8 Å². The van der Waals surface area contributed by atoms with Crippen LogP contribution in [0.4, 0.5) is 0 Å². The van der Waals surface area contributed by atoms with Crippen molar-refractivity contribution < 1.29 is 9.78 Å². The molecule has 0 saturated heterocycles. The van der Waals surface area contributed by atoms with Gasteiger partial charge >= 0.3 is 0 Å². The van der Waals surface area contributed by atoms with Crippen LogP contribution in [0, 0.1) is 0 Å². The SMILES string of the molecule is CCCCCCC(CCC)OOCCC. The number of unbranched alkanes of at least 4 members (excludes halogenated alkanes) is 3. The smallest absolute Gasteiger partial charge is 0.0929 e. The highest BCUT2D eigenvalue weighted by molar-refractivity contribution is 4.56. The van der Waals surface area contributed by atoms with E-state index in [1.807, 2.05) is 0 Å². The van der Waals surface area contributed by atoms with Crippen LogP contribution >= 0.6 is 0 Å². The average molecular weight is 216 g/mol. The highest BCUT2D eigenvalue weighted by atomic mass is 17.2. The summed E-state index contributed by atoms with van der Waals surface area (Å²) in [4.78, 5) is 10.6. The quantitative estimate of drug-likeness (QED) is 0.288. The lowest BCUT2D eigenvalue weighted by molar-refractivity contribution is -0.326. The van der Waals surface area contributed by atoms with Crippen molar-refractivity contribution in [2.24, 2.45) is 0 Å². The van der Waals surface area contributed by atoms with E-state index in [4.69, 9.17) is 9.78 Å². The van der Waals surface area contributed by atoms with Crippen molar-refractivity contribution in [3.8, 4) is 0 Å². The molecule has 0 N–H and O–H groups in total. The van der Waals surface area contributed by atoms with Gasteiger partial charge in [0.05, 0.1) is 12.7 Å². The Morgan fingerprint density at radius 3 is 2.20 bits per heavy atom. The van der Waals surface area contributed by atoms with Crippen LogP contribution in [0.15, 0.2) is 0 Å². The Kier molecular flexibility index (Phi) is 11.9. The first kappa shape index (κ1) is 14.9. The topological polar surface area (TPSA) is 18.5 Å². The molecule has 0 saturated carbocycles. The van der Waals surface area contributed by atoms with Gasteiger partial charge in [0.1, 0.15) is 0 Å². The molecule has 0 heterocycles. The minimum absolute atomic E-state index is 0.318. The molecule has 0 spiro atoms. The molecule has 92 valence electrons. The third-order valence-corrected chi connectivity index (χ3v) is 2.48. The Morgan fingerprint density at radius 2 is 1.60 bits per heavy atom. The predicted molar refractivity (Wildman–Crippen MR) is 64.8 cm³/mol. The summed E-state index contributed by atoms with van der Waals surface area (Å²) in [5.74, 6) is 0. The van der Waals surface area contributed by atoms with Crippen molar-refractivity contribution in [1.82, 2.24) is 0 Å². The minimum atomic E-state index is 0.318. The van der Waals surface area contributed by atoms with Crippen molar-refractivity contribution in [1.29, 1.82) is 0 Å². The molecular weight excluding hydrogens is 188 g/mol. The Morgan fingerprint density at radius 1 is 0.800 bits per heavy atom. The van der Waals surface area contributed by atoms with Gasteiger partial charge in [-0.1, -0.05) is 52.9 Å². The van der Waals surface area contributed by atoms with Crippen LogP contribution in [0.1, 0.15) is 72.1 Å². The van der Waals surface area contributed by atoms with Crippen molar-refractivity contribution in [2.45, 2.75) is 78.2 Å². The third kappa shape index (κ3) is 10.2. The van der Waals surface area contributed by atoms with Crippen LogP contribution in [-0.4, -0.2) is 12.7 Å². The summed E-state index contributed by atoms with van der Waals surface area (Å²) in [5, 5.41) is 0. The lowest BCUT2D eigenvalue weighted by atomic mass is 10.1. The van der Waals surface area contributed by atoms with Gasteiger partial charge in [-0.15, -0.1) is 0 Å². The van der Waals surface area contributed by atoms with Crippen LogP contribution < -0.4 is 0 Å². The second-order valence-electron chi connectivity index (χ2n) is 4.18. The lowest BCUT2D eigenvalue weighted by Crippen LogP contribution is -2.13.